The first-order chi connectivity index (χ1) is 9.77. The van der Waals surface area contributed by atoms with Gasteiger partial charge in [0.2, 0.25) is 5.91 Å². The highest BCUT2D eigenvalue weighted by Gasteiger charge is 2.31. The first-order valence-electron chi connectivity index (χ1n) is 6.42. The van der Waals surface area contributed by atoms with Crippen molar-refractivity contribution in [1.29, 1.82) is 0 Å². The summed E-state index contributed by atoms with van der Waals surface area (Å²) in [5.41, 5.74) is 0.485. The van der Waals surface area contributed by atoms with Crippen molar-refractivity contribution >= 4 is 44.6 Å². The Balaban J connectivity index is 1.92. The molecule has 0 spiro atoms. The van der Waals surface area contributed by atoms with E-state index in [0.717, 1.165) is 0 Å². The van der Waals surface area contributed by atoms with Crippen molar-refractivity contribution in [3.8, 4) is 0 Å². The summed E-state index contributed by atoms with van der Waals surface area (Å²) in [4.78, 5) is 13.7. The zero-order valence-corrected chi connectivity index (χ0v) is 13.8. The molecule has 1 aliphatic heterocycles. The SMILES string of the molecule is CN(CC(=O)Nc1ccc(Cl)cc1Cl)C1CCS(=O)(=O)C1. The van der Waals surface area contributed by atoms with Crippen LogP contribution in [0.3, 0.4) is 0 Å². The number of benzene rings is 1. The van der Waals surface area contributed by atoms with E-state index in [1.165, 1.54) is 0 Å². The highest BCUT2D eigenvalue weighted by molar-refractivity contribution is 7.91. The lowest BCUT2D eigenvalue weighted by Gasteiger charge is -2.22. The molecule has 1 aliphatic rings. The van der Waals surface area contributed by atoms with Crippen LogP contribution in [-0.4, -0.2) is 50.4 Å². The summed E-state index contributed by atoms with van der Waals surface area (Å²) >= 11 is 11.8. The molecule has 2 rings (SSSR count). The van der Waals surface area contributed by atoms with E-state index < -0.39 is 9.84 Å². The molecule has 0 saturated carbocycles. The maximum absolute atomic E-state index is 12.0. The number of carbonyl (C=O) groups is 1. The third kappa shape index (κ3) is 4.57. The van der Waals surface area contributed by atoms with E-state index >= 15 is 0 Å². The van der Waals surface area contributed by atoms with Gasteiger partial charge in [0.15, 0.2) is 9.84 Å². The summed E-state index contributed by atoms with van der Waals surface area (Å²) in [5.74, 6) is 0.0523. The summed E-state index contributed by atoms with van der Waals surface area (Å²) in [6.07, 6.45) is 0.563. The molecule has 8 heteroatoms. The van der Waals surface area contributed by atoms with E-state index in [2.05, 4.69) is 5.32 Å². The van der Waals surface area contributed by atoms with Gasteiger partial charge in [-0.1, -0.05) is 23.2 Å². The first-order valence-corrected chi connectivity index (χ1v) is 9.00. The number of nitrogens with one attached hydrogen (secondary N) is 1. The van der Waals surface area contributed by atoms with Gasteiger partial charge in [0.1, 0.15) is 0 Å². The van der Waals surface area contributed by atoms with Gasteiger partial charge in [0.05, 0.1) is 28.8 Å². The Morgan fingerprint density at radius 3 is 2.71 bits per heavy atom. The Morgan fingerprint density at radius 2 is 2.14 bits per heavy atom. The molecule has 1 saturated heterocycles. The smallest absolute Gasteiger partial charge is 0.238 e. The van der Waals surface area contributed by atoms with Gasteiger partial charge in [0, 0.05) is 11.1 Å². The standard InChI is InChI=1S/C13H16Cl2N2O3S/c1-17(10-4-5-21(19,20)8-10)7-13(18)16-12-3-2-9(14)6-11(12)15/h2-3,6,10H,4-5,7-8H2,1H3,(H,16,18). The first kappa shape index (κ1) is 16.5. The molecule has 1 fully saturated rings. The molecule has 1 heterocycles. The Kier molecular flexibility index (Phi) is 5.14. The van der Waals surface area contributed by atoms with E-state index in [1.54, 1.807) is 30.1 Å². The zero-order chi connectivity index (χ0) is 15.6. The Hall–Kier alpha value is -0.820. The zero-order valence-electron chi connectivity index (χ0n) is 11.5. The fraction of sp³-hybridized carbons (Fsp3) is 0.462. The van der Waals surface area contributed by atoms with Crippen LogP contribution in [0.2, 0.25) is 10.0 Å². The average Bonchev–Trinajstić information content (AvgIpc) is 2.73. The Labute approximate surface area is 134 Å². The molecule has 0 aromatic heterocycles. The number of amides is 1. The highest BCUT2D eigenvalue weighted by Crippen LogP contribution is 2.25. The number of halogens is 2. The van der Waals surface area contributed by atoms with Gasteiger partial charge < -0.3 is 5.32 Å². The predicted octanol–water partition coefficient (Wildman–Crippen LogP) is 2.05. The lowest BCUT2D eigenvalue weighted by atomic mass is 10.2. The molecule has 1 amide bonds. The van der Waals surface area contributed by atoms with Crippen molar-refractivity contribution in [1.82, 2.24) is 4.90 Å². The van der Waals surface area contributed by atoms with Crippen LogP contribution in [0.5, 0.6) is 0 Å². The van der Waals surface area contributed by atoms with E-state index in [-0.39, 0.29) is 30.0 Å². The number of sulfone groups is 1. The molecule has 1 atom stereocenters. The topological polar surface area (TPSA) is 66.5 Å². The summed E-state index contributed by atoms with van der Waals surface area (Å²) in [7, 11) is -1.21. The van der Waals surface area contributed by atoms with Crippen molar-refractivity contribution in [3.63, 3.8) is 0 Å². The Bertz CT molecular complexity index is 649. The van der Waals surface area contributed by atoms with Gasteiger partial charge in [-0.15, -0.1) is 0 Å². The second-order valence-corrected chi connectivity index (χ2v) is 8.22. The quantitative estimate of drug-likeness (QED) is 0.902. The summed E-state index contributed by atoms with van der Waals surface area (Å²) < 4.78 is 22.9. The molecular weight excluding hydrogens is 335 g/mol. The van der Waals surface area contributed by atoms with Crippen molar-refractivity contribution < 1.29 is 13.2 Å². The predicted molar refractivity (Wildman–Crippen MR) is 84.8 cm³/mol. The number of carbonyl (C=O) groups excluding carboxylic acids is 1. The molecule has 1 N–H and O–H groups in total. The van der Waals surface area contributed by atoms with Gasteiger partial charge >= 0.3 is 0 Å². The molecule has 0 bridgehead atoms. The Morgan fingerprint density at radius 1 is 1.43 bits per heavy atom. The van der Waals surface area contributed by atoms with Crippen LogP contribution in [0.1, 0.15) is 6.42 Å². The molecule has 0 radical (unpaired) electrons. The van der Waals surface area contributed by atoms with Gasteiger partial charge in [-0.2, -0.15) is 0 Å². The van der Waals surface area contributed by atoms with Crippen molar-refractivity contribution in [2.75, 3.05) is 30.4 Å². The highest BCUT2D eigenvalue weighted by atomic mass is 35.5. The van der Waals surface area contributed by atoms with Gasteiger partial charge in [0.25, 0.3) is 0 Å². The number of anilines is 1. The fourth-order valence-corrected chi connectivity index (χ4v) is 4.52. The van der Waals surface area contributed by atoms with Crippen molar-refractivity contribution in [2.24, 2.45) is 0 Å². The molecule has 1 aromatic carbocycles. The van der Waals surface area contributed by atoms with Gasteiger partial charge in [-0.3, -0.25) is 9.69 Å². The average molecular weight is 351 g/mol. The van der Waals surface area contributed by atoms with Crippen LogP contribution in [0.25, 0.3) is 0 Å². The van der Waals surface area contributed by atoms with E-state index in [4.69, 9.17) is 23.2 Å². The molecule has 0 aliphatic carbocycles. The second kappa shape index (κ2) is 6.52. The third-order valence-electron chi connectivity index (χ3n) is 3.43. The number of hydrogen-bond donors (Lipinski definition) is 1. The largest absolute Gasteiger partial charge is 0.324 e. The van der Waals surface area contributed by atoms with Crippen LogP contribution < -0.4 is 5.32 Å². The van der Waals surface area contributed by atoms with Crippen LogP contribution in [-0.2, 0) is 14.6 Å². The van der Waals surface area contributed by atoms with Crippen LogP contribution in [0, 0.1) is 0 Å². The third-order valence-corrected chi connectivity index (χ3v) is 5.73. The minimum atomic E-state index is -2.96. The molecule has 5 nitrogen and oxygen atoms in total. The number of nitrogens with zero attached hydrogens (tertiary/aromatic N) is 1. The number of likely N-dealkylation sites (N-methyl/N-ethyl adjacent to an activating group) is 1. The lowest BCUT2D eigenvalue weighted by Crippen LogP contribution is -2.38. The lowest BCUT2D eigenvalue weighted by molar-refractivity contribution is -0.117. The van der Waals surface area contributed by atoms with E-state index in [9.17, 15) is 13.2 Å². The normalized spacial score (nSPS) is 20.7. The molecular formula is C13H16Cl2N2O3S. The van der Waals surface area contributed by atoms with Crippen molar-refractivity contribution in [2.45, 2.75) is 12.5 Å². The summed E-state index contributed by atoms with van der Waals surface area (Å²) in [5, 5.41) is 3.55. The van der Waals surface area contributed by atoms with Gasteiger partial charge in [-0.25, -0.2) is 8.42 Å². The molecule has 1 aromatic rings. The van der Waals surface area contributed by atoms with Crippen LogP contribution >= 0.6 is 23.2 Å². The maximum atomic E-state index is 12.0. The maximum Gasteiger partial charge on any atom is 0.238 e. The monoisotopic (exact) mass is 350 g/mol. The summed E-state index contributed by atoms with van der Waals surface area (Å²) in [6, 6.07) is 4.70. The van der Waals surface area contributed by atoms with Crippen LogP contribution in [0.15, 0.2) is 18.2 Å². The fourth-order valence-electron chi connectivity index (χ4n) is 2.26. The summed E-state index contributed by atoms with van der Waals surface area (Å²) in [6.45, 7) is 0.110. The number of rotatable bonds is 4. The van der Waals surface area contributed by atoms with Crippen LogP contribution in [0.4, 0.5) is 5.69 Å². The molecule has 1 unspecified atom stereocenters. The van der Waals surface area contributed by atoms with Gasteiger partial charge in [-0.05, 0) is 31.7 Å². The second-order valence-electron chi connectivity index (χ2n) is 5.14. The molecule has 21 heavy (non-hydrogen) atoms. The minimum absolute atomic E-state index is 0.110. The van der Waals surface area contributed by atoms with E-state index in [0.29, 0.717) is 22.2 Å². The number of hydrogen-bond acceptors (Lipinski definition) is 4. The van der Waals surface area contributed by atoms with Crippen molar-refractivity contribution in [3.05, 3.63) is 28.2 Å². The van der Waals surface area contributed by atoms with E-state index in [1.807, 2.05) is 0 Å². The molecule has 116 valence electrons. The minimum Gasteiger partial charge on any atom is -0.324 e.